The molecule has 0 aliphatic heterocycles. The fraction of sp³-hybridized carbons (Fsp3) is 0.100. The highest BCUT2D eigenvalue weighted by atomic mass is 19.1. The van der Waals surface area contributed by atoms with Gasteiger partial charge in [-0.3, -0.25) is 4.79 Å². The van der Waals surface area contributed by atoms with Gasteiger partial charge < -0.3 is 11.1 Å². The van der Waals surface area contributed by atoms with Crippen molar-refractivity contribution in [2.45, 2.75) is 6.92 Å². The summed E-state index contributed by atoms with van der Waals surface area (Å²) in [5.74, 6) is -0.662. The Labute approximate surface area is 81.4 Å². The van der Waals surface area contributed by atoms with Crippen molar-refractivity contribution in [3.8, 4) is 0 Å². The van der Waals surface area contributed by atoms with Crippen molar-refractivity contribution in [3.05, 3.63) is 41.9 Å². The molecular weight excluding hydrogens is 183 g/mol. The lowest BCUT2D eigenvalue weighted by atomic mass is 10.3. The smallest absolute Gasteiger partial charge is 0.250 e. The fourth-order valence-corrected chi connectivity index (χ4v) is 0.918. The second-order valence-corrected chi connectivity index (χ2v) is 2.88. The van der Waals surface area contributed by atoms with Gasteiger partial charge in [-0.2, -0.15) is 0 Å². The number of hydrogen-bond acceptors (Lipinski definition) is 2. The first-order chi connectivity index (χ1) is 6.58. The predicted octanol–water partition coefficient (Wildman–Crippen LogP) is 1.63. The van der Waals surface area contributed by atoms with Crippen molar-refractivity contribution in [1.82, 2.24) is 0 Å². The number of anilines is 1. The van der Waals surface area contributed by atoms with Crippen molar-refractivity contribution in [3.63, 3.8) is 0 Å². The molecule has 3 N–H and O–H groups in total. The first kappa shape index (κ1) is 10.2. The lowest BCUT2D eigenvalue weighted by Crippen LogP contribution is -2.10. The van der Waals surface area contributed by atoms with Crippen LogP contribution in [-0.2, 0) is 4.79 Å². The van der Waals surface area contributed by atoms with Crippen LogP contribution >= 0.6 is 0 Å². The van der Waals surface area contributed by atoms with Crippen LogP contribution in [0.25, 0.3) is 0 Å². The largest absolute Gasteiger partial charge is 0.402 e. The average molecular weight is 194 g/mol. The molecule has 1 rings (SSSR count). The number of carbonyl (C=O) groups excluding carboxylic acids is 1. The summed E-state index contributed by atoms with van der Waals surface area (Å²) in [5, 5.41) is 2.54. The molecule has 0 bridgehead atoms. The van der Waals surface area contributed by atoms with Gasteiger partial charge in [0.2, 0.25) is 5.91 Å². The summed E-state index contributed by atoms with van der Waals surface area (Å²) >= 11 is 0. The molecule has 0 saturated carbocycles. The molecule has 0 aromatic heterocycles. The number of carbonyl (C=O) groups is 1. The Bertz CT molecular complexity index is 353. The molecule has 3 nitrogen and oxygen atoms in total. The molecule has 0 aliphatic rings. The summed E-state index contributed by atoms with van der Waals surface area (Å²) < 4.78 is 12.5. The van der Waals surface area contributed by atoms with Crippen LogP contribution in [0.1, 0.15) is 6.92 Å². The fourth-order valence-electron chi connectivity index (χ4n) is 0.918. The molecule has 4 heteroatoms. The zero-order valence-electron chi connectivity index (χ0n) is 7.75. The summed E-state index contributed by atoms with van der Waals surface area (Å²) in [6.45, 7) is 1.62. The Morgan fingerprint density at radius 3 is 2.50 bits per heavy atom. The van der Waals surface area contributed by atoms with Crippen molar-refractivity contribution in [1.29, 1.82) is 0 Å². The lowest BCUT2D eigenvalue weighted by Gasteiger charge is -2.01. The topological polar surface area (TPSA) is 55.1 Å². The molecular formula is C10H11FN2O. The second kappa shape index (κ2) is 4.41. The van der Waals surface area contributed by atoms with E-state index in [4.69, 9.17) is 5.73 Å². The lowest BCUT2D eigenvalue weighted by molar-refractivity contribution is -0.111. The number of hydrogen-bond donors (Lipinski definition) is 2. The molecule has 0 saturated heterocycles. The van der Waals surface area contributed by atoms with Crippen LogP contribution in [-0.4, -0.2) is 5.91 Å². The molecule has 1 aromatic carbocycles. The van der Waals surface area contributed by atoms with Crippen molar-refractivity contribution in [2.75, 3.05) is 5.32 Å². The quantitative estimate of drug-likeness (QED) is 0.703. The van der Waals surface area contributed by atoms with Gasteiger partial charge >= 0.3 is 0 Å². The Hall–Kier alpha value is -1.84. The number of halogens is 1. The van der Waals surface area contributed by atoms with Crippen molar-refractivity contribution >= 4 is 11.6 Å². The molecule has 0 spiro atoms. The van der Waals surface area contributed by atoms with Gasteiger partial charge in [-0.05, 0) is 31.2 Å². The Morgan fingerprint density at radius 1 is 1.43 bits per heavy atom. The first-order valence-corrected chi connectivity index (χ1v) is 4.08. The molecule has 0 fully saturated rings. The van der Waals surface area contributed by atoms with Gasteiger partial charge in [0, 0.05) is 17.5 Å². The highest BCUT2D eigenvalue weighted by Gasteiger charge is 1.98. The SMILES string of the molecule is C/C(N)=C/C(=O)Nc1ccc(F)cc1. The maximum atomic E-state index is 12.5. The highest BCUT2D eigenvalue weighted by Crippen LogP contribution is 2.07. The zero-order chi connectivity index (χ0) is 10.6. The van der Waals surface area contributed by atoms with Crippen molar-refractivity contribution < 1.29 is 9.18 Å². The number of amides is 1. The molecule has 14 heavy (non-hydrogen) atoms. The molecule has 0 unspecified atom stereocenters. The number of nitrogens with two attached hydrogens (primary N) is 1. The van der Waals surface area contributed by atoms with Gasteiger partial charge in [0.15, 0.2) is 0 Å². The number of benzene rings is 1. The van der Waals surface area contributed by atoms with E-state index in [1.807, 2.05) is 0 Å². The highest BCUT2D eigenvalue weighted by molar-refractivity contribution is 5.99. The van der Waals surface area contributed by atoms with E-state index < -0.39 is 0 Å². The standard InChI is InChI=1S/C10H11FN2O/c1-7(12)6-10(14)13-9-4-2-8(11)3-5-9/h2-6H,12H2,1H3,(H,13,14)/b7-6-. The van der Waals surface area contributed by atoms with Gasteiger partial charge in [-0.1, -0.05) is 0 Å². The average Bonchev–Trinajstić information content (AvgIpc) is 2.07. The minimum Gasteiger partial charge on any atom is -0.402 e. The number of nitrogens with one attached hydrogen (secondary N) is 1. The van der Waals surface area contributed by atoms with E-state index in [1.54, 1.807) is 6.92 Å². The van der Waals surface area contributed by atoms with E-state index in [2.05, 4.69) is 5.32 Å². The zero-order valence-corrected chi connectivity index (χ0v) is 7.75. The normalized spacial score (nSPS) is 11.1. The Morgan fingerprint density at radius 2 is 2.00 bits per heavy atom. The molecule has 0 aliphatic carbocycles. The van der Waals surface area contributed by atoms with Crippen LogP contribution in [0, 0.1) is 5.82 Å². The summed E-state index contributed by atoms with van der Waals surface area (Å²) in [5.41, 5.74) is 6.27. The Balaban J connectivity index is 2.66. The minimum absolute atomic E-state index is 0.323. The third-order valence-corrected chi connectivity index (χ3v) is 1.47. The van der Waals surface area contributed by atoms with Crippen LogP contribution in [0.15, 0.2) is 36.0 Å². The monoisotopic (exact) mass is 194 g/mol. The minimum atomic E-state index is -0.339. The van der Waals surface area contributed by atoms with Crippen LogP contribution in [0.3, 0.4) is 0 Å². The van der Waals surface area contributed by atoms with Gasteiger partial charge in [0.1, 0.15) is 5.82 Å². The molecule has 1 amide bonds. The molecule has 1 aromatic rings. The van der Waals surface area contributed by atoms with E-state index in [1.165, 1.54) is 30.3 Å². The van der Waals surface area contributed by atoms with E-state index in [9.17, 15) is 9.18 Å². The van der Waals surface area contributed by atoms with Crippen LogP contribution in [0.4, 0.5) is 10.1 Å². The predicted molar refractivity (Wildman–Crippen MR) is 53.0 cm³/mol. The van der Waals surface area contributed by atoms with E-state index in [0.29, 0.717) is 11.4 Å². The third-order valence-electron chi connectivity index (χ3n) is 1.47. The third kappa shape index (κ3) is 3.26. The van der Waals surface area contributed by atoms with Gasteiger partial charge in [-0.15, -0.1) is 0 Å². The van der Waals surface area contributed by atoms with Gasteiger partial charge in [-0.25, -0.2) is 4.39 Å². The molecule has 0 heterocycles. The van der Waals surface area contributed by atoms with Crippen LogP contribution in [0.2, 0.25) is 0 Å². The maximum absolute atomic E-state index is 12.5. The number of rotatable bonds is 2. The summed E-state index contributed by atoms with van der Waals surface area (Å²) in [6.07, 6.45) is 1.27. The molecule has 74 valence electrons. The van der Waals surface area contributed by atoms with Crippen molar-refractivity contribution in [2.24, 2.45) is 5.73 Å². The van der Waals surface area contributed by atoms with Gasteiger partial charge in [0.05, 0.1) is 0 Å². The summed E-state index contributed by atoms with van der Waals surface area (Å²) in [6, 6.07) is 5.50. The van der Waals surface area contributed by atoms with Crippen LogP contribution in [0.5, 0.6) is 0 Å². The Kier molecular flexibility index (Phi) is 3.23. The van der Waals surface area contributed by atoms with E-state index >= 15 is 0 Å². The molecule has 0 radical (unpaired) electrons. The molecule has 0 atom stereocenters. The maximum Gasteiger partial charge on any atom is 0.250 e. The van der Waals surface area contributed by atoms with E-state index in [0.717, 1.165) is 0 Å². The summed E-state index contributed by atoms with van der Waals surface area (Å²) in [4.78, 5) is 11.1. The summed E-state index contributed by atoms with van der Waals surface area (Å²) in [7, 11) is 0. The van der Waals surface area contributed by atoms with E-state index in [-0.39, 0.29) is 11.7 Å². The van der Waals surface area contributed by atoms with Crippen LogP contribution < -0.4 is 11.1 Å². The first-order valence-electron chi connectivity index (χ1n) is 4.08. The second-order valence-electron chi connectivity index (χ2n) is 2.88. The van der Waals surface area contributed by atoms with Gasteiger partial charge in [0.25, 0.3) is 0 Å². The number of allylic oxidation sites excluding steroid dienone is 1.